The van der Waals surface area contributed by atoms with Gasteiger partial charge in [-0.3, -0.25) is 4.79 Å². The van der Waals surface area contributed by atoms with E-state index in [1.165, 1.54) is 4.90 Å². The summed E-state index contributed by atoms with van der Waals surface area (Å²) in [6, 6.07) is -1.25. The summed E-state index contributed by atoms with van der Waals surface area (Å²) in [7, 11) is 0. The summed E-state index contributed by atoms with van der Waals surface area (Å²) in [6.45, 7) is 4.34. The highest BCUT2D eigenvalue weighted by atomic mass is 16.4. The van der Waals surface area contributed by atoms with Crippen LogP contribution in [0.3, 0.4) is 0 Å². The van der Waals surface area contributed by atoms with Crippen molar-refractivity contribution in [2.75, 3.05) is 6.54 Å². The minimum atomic E-state index is -0.881. The van der Waals surface area contributed by atoms with E-state index in [-0.39, 0.29) is 17.7 Å². The number of carboxylic acids is 1. The number of likely N-dealkylation sites (tertiary alicyclic amines) is 1. The van der Waals surface area contributed by atoms with Gasteiger partial charge in [0.15, 0.2) is 0 Å². The van der Waals surface area contributed by atoms with Crippen LogP contribution in [-0.2, 0) is 9.59 Å². The second-order valence-corrected chi connectivity index (χ2v) is 5.90. The van der Waals surface area contributed by atoms with Gasteiger partial charge in [0.25, 0.3) is 0 Å². The molecule has 1 unspecified atom stereocenters. The predicted molar refractivity (Wildman–Crippen MR) is 66.8 cm³/mol. The molecule has 1 saturated carbocycles. The lowest BCUT2D eigenvalue weighted by Crippen LogP contribution is -2.51. The number of nitrogens with two attached hydrogens (primary N) is 1. The van der Waals surface area contributed by atoms with Gasteiger partial charge in [-0.2, -0.15) is 0 Å². The van der Waals surface area contributed by atoms with Crippen molar-refractivity contribution in [3.8, 4) is 0 Å². The highest BCUT2D eigenvalue weighted by Gasteiger charge is 2.50. The molecule has 1 saturated heterocycles. The highest BCUT2D eigenvalue weighted by molar-refractivity contribution is 5.88. The SMILES string of the molecule is CC(C)C(N)C(=O)N1C[C@@H]2CCC[C@@H]2[C@H]1C(=O)O. The van der Waals surface area contributed by atoms with Crippen LogP contribution in [0.15, 0.2) is 0 Å². The molecule has 0 spiro atoms. The molecule has 2 rings (SSSR count). The first kappa shape index (κ1) is 13.3. The van der Waals surface area contributed by atoms with Crippen LogP contribution in [0, 0.1) is 17.8 Å². The van der Waals surface area contributed by atoms with E-state index in [4.69, 9.17) is 5.73 Å². The molecule has 4 atom stereocenters. The maximum atomic E-state index is 12.3. The van der Waals surface area contributed by atoms with Gasteiger partial charge < -0.3 is 15.7 Å². The Morgan fingerprint density at radius 1 is 1.33 bits per heavy atom. The van der Waals surface area contributed by atoms with Crippen LogP contribution < -0.4 is 5.73 Å². The Labute approximate surface area is 107 Å². The van der Waals surface area contributed by atoms with E-state index in [1.807, 2.05) is 13.8 Å². The van der Waals surface area contributed by atoms with E-state index in [2.05, 4.69) is 0 Å². The second-order valence-electron chi connectivity index (χ2n) is 5.90. The zero-order valence-electron chi connectivity index (χ0n) is 11.0. The first-order valence-corrected chi connectivity index (χ1v) is 6.72. The minimum Gasteiger partial charge on any atom is -0.480 e. The second kappa shape index (κ2) is 4.88. The zero-order chi connectivity index (χ0) is 13.4. The van der Waals surface area contributed by atoms with Crippen molar-refractivity contribution in [1.82, 2.24) is 4.90 Å². The van der Waals surface area contributed by atoms with Gasteiger partial charge in [-0.15, -0.1) is 0 Å². The van der Waals surface area contributed by atoms with E-state index in [0.29, 0.717) is 12.5 Å². The van der Waals surface area contributed by atoms with E-state index in [0.717, 1.165) is 19.3 Å². The molecule has 0 radical (unpaired) electrons. The fourth-order valence-corrected chi connectivity index (χ4v) is 3.33. The standard InChI is InChI=1S/C13H22N2O3/c1-7(2)10(14)12(16)15-6-8-4-3-5-9(8)11(15)13(17)18/h7-11H,3-6,14H2,1-2H3,(H,17,18)/t8-,9-,10?,11-/m0/s1. The number of aliphatic carboxylic acids is 1. The van der Waals surface area contributed by atoms with Gasteiger partial charge in [0.2, 0.25) is 5.91 Å². The molecule has 1 aliphatic carbocycles. The third kappa shape index (κ3) is 2.11. The van der Waals surface area contributed by atoms with Crippen molar-refractivity contribution in [1.29, 1.82) is 0 Å². The number of hydrogen-bond donors (Lipinski definition) is 2. The summed E-state index contributed by atoms with van der Waals surface area (Å²) in [5.74, 6) is -0.562. The van der Waals surface area contributed by atoms with Crippen LogP contribution >= 0.6 is 0 Å². The van der Waals surface area contributed by atoms with Crippen molar-refractivity contribution in [3.05, 3.63) is 0 Å². The van der Waals surface area contributed by atoms with E-state index in [9.17, 15) is 14.7 Å². The fraction of sp³-hybridized carbons (Fsp3) is 0.846. The molecule has 18 heavy (non-hydrogen) atoms. The van der Waals surface area contributed by atoms with Crippen LogP contribution in [-0.4, -0.2) is 40.5 Å². The largest absolute Gasteiger partial charge is 0.480 e. The van der Waals surface area contributed by atoms with Crippen LogP contribution in [0.2, 0.25) is 0 Å². The molecule has 0 aromatic rings. The molecule has 0 bridgehead atoms. The summed E-state index contributed by atoms with van der Waals surface area (Å²) in [5, 5.41) is 9.37. The summed E-state index contributed by atoms with van der Waals surface area (Å²) in [5.41, 5.74) is 5.87. The number of amides is 1. The Morgan fingerprint density at radius 2 is 2.00 bits per heavy atom. The lowest BCUT2D eigenvalue weighted by molar-refractivity contribution is -0.150. The molecule has 5 nitrogen and oxygen atoms in total. The average Bonchev–Trinajstić information content (AvgIpc) is 2.85. The predicted octanol–water partition coefficient (Wildman–Crippen LogP) is 0.681. The summed E-state index contributed by atoms with van der Waals surface area (Å²) >= 11 is 0. The first-order chi connectivity index (χ1) is 8.43. The maximum Gasteiger partial charge on any atom is 0.326 e. The van der Waals surface area contributed by atoms with Crippen LogP contribution in [0.5, 0.6) is 0 Å². The number of carboxylic acid groups (broad SMARTS) is 1. The van der Waals surface area contributed by atoms with Gasteiger partial charge in [-0.25, -0.2) is 4.79 Å². The number of fused-ring (bicyclic) bond motifs is 1. The third-order valence-electron chi connectivity index (χ3n) is 4.43. The lowest BCUT2D eigenvalue weighted by Gasteiger charge is -2.28. The van der Waals surface area contributed by atoms with Crippen molar-refractivity contribution < 1.29 is 14.7 Å². The molecule has 5 heteroatoms. The van der Waals surface area contributed by atoms with Crippen molar-refractivity contribution >= 4 is 11.9 Å². The van der Waals surface area contributed by atoms with Crippen molar-refractivity contribution in [2.24, 2.45) is 23.5 Å². The smallest absolute Gasteiger partial charge is 0.326 e. The number of nitrogens with zero attached hydrogens (tertiary/aromatic N) is 1. The lowest BCUT2D eigenvalue weighted by atomic mass is 9.94. The Kier molecular flexibility index (Phi) is 3.61. The van der Waals surface area contributed by atoms with Crippen LogP contribution in [0.1, 0.15) is 33.1 Å². The highest BCUT2D eigenvalue weighted by Crippen LogP contribution is 2.42. The average molecular weight is 254 g/mol. The molecule has 0 aromatic heterocycles. The quantitative estimate of drug-likeness (QED) is 0.776. The molecule has 2 aliphatic rings. The minimum absolute atomic E-state index is 0.0346. The molecule has 1 heterocycles. The number of carbonyl (C=O) groups excluding carboxylic acids is 1. The third-order valence-corrected chi connectivity index (χ3v) is 4.43. The topological polar surface area (TPSA) is 83.6 Å². The molecule has 1 amide bonds. The van der Waals surface area contributed by atoms with Crippen LogP contribution in [0.25, 0.3) is 0 Å². The summed E-state index contributed by atoms with van der Waals surface area (Å²) < 4.78 is 0. The molecule has 102 valence electrons. The fourth-order valence-electron chi connectivity index (χ4n) is 3.33. The number of hydrogen-bond acceptors (Lipinski definition) is 3. The zero-order valence-corrected chi connectivity index (χ0v) is 11.0. The number of rotatable bonds is 3. The van der Waals surface area contributed by atoms with Crippen molar-refractivity contribution in [2.45, 2.75) is 45.2 Å². The van der Waals surface area contributed by atoms with Crippen LogP contribution in [0.4, 0.5) is 0 Å². The molecular formula is C13H22N2O3. The molecule has 0 aromatic carbocycles. The Morgan fingerprint density at radius 3 is 2.56 bits per heavy atom. The molecule has 3 N–H and O–H groups in total. The Balaban J connectivity index is 2.17. The normalized spacial score (nSPS) is 32.7. The van der Waals surface area contributed by atoms with Gasteiger partial charge in [0.05, 0.1) is 6.04 Å². The Hall–Kier alpha value is -1.10. The van der Waals surface area contributed by atoms with Gasteiger partial charge in [-0.1, -0.05) is 20.3 Å². The van der Waals surface area contributed by atoms with E-state index < -0.39 is 18.1 Å². The van der Waals surface area contributed by atoms with Crippen molar-refractivity contribution in [3.63, 3.8) is 0 Å². The van der Waals surface area contributed by atoms with Gasteiger partial charge in [-0.05, 0) is 30.6 Å². The van der Waals surface area contributed by atoms with Gasteiger partial charge in [0, 0.05) is 6.54 Å². The first-order valence-electron chi connectivity index (χ1n) is 6.72. The van der Waals surface area contributed by atoms with E-state index >= 15 is 0 Å². The Bertz CT molecular complexity index is 356. The number of carbonyl (C=O) groups is 2. The summed E-state index contributed by atoms with van der Waals surface area (Å²) in [6.07, 6.45) is 3.04. The molecule has 1 aliphatic heterocycles. The maximum absolute atomic E-state index is 12.3. The molecule has 2 fully saturated rings. The van der Waals surface area contributed by atoms with Gasteiger partial charge >= 0.3 is 5.97 Å². The molecular weight excluding hydrogens is 232 g/mol. The monoisotopic (exact) mass is 254 g/mol. The summed E-state index contributed by atoms with van der Waals surface area (Å²) in [4.78, 5) is 25.2. The van der Waals surface area contributed by atoms with E-state index in [1.54, 1.807) is 0 Å². The van der Waals surface area contributed by atoms with Gasteiger partial charge in [0.1, 0.15) is 6.04 Å².